The van der Waals surface area contributed by atoms with Gasteiger partial charge in [-0.05, 0) is 36.8 Å². The molecule has 0 bridgehead atoms. The Morgan fingerprint density at radius 3 is 2.86 bits per heavy atom. The number of hydrogen-bond donors (Lipinski definition) is 1. The maximum absolute atomic E-state index is 6.13. The number of methoxy groups -OCH3 is 2. The molecule has 28 heavy (non-hydrogen) atoms. The first kappa shape index (κ1) is 18.7. The van der Waals surface area contributed by atoms with Crippen molar-refractivity contribution in [3.63, 3.8) is 0 Å². The van der Waals surface area contributed by atoms with E-state index in [1.807, 2.05) is 30.4 Å². The van der Waals surface area contributed by atoms with Gasteiger partial charge >= 0.3 is 0 Å². The fraction of sp³-hybridized carbons (Fsp3) is 0.143. The van der Waals surface area contributed by atoms with Crippen molar-refractivity contribution in [2.24, 2.45) is 0 Å². The number of H-pyrrole nitrogens is 1. The fourth-order valence-electron chi connectivity index (χ4n) is 2.95. The summed E-state index contributed by atoms with van der Waals surface area (Å²) in [5.41, 5.74) is 2.65. The topological polar surface area (TPSA) is 60.0 Å². The van der Waals surface area contributed by atoms with Crippen molar-refractivity contribution < 1.29 is 9.47 Å². The summed E-state index contributed by atoms with van der Waals surface area (Å²) in [6.45, 7) is 0. The predicted octanol–water partition coefficient (Wildman–Crippen LogP) is 5.70. The van der Waals surface area contributed by atoms with E-state index in [2.05, 4.69) is 27.1 Å². The van der Waals surface area contributed by atoms with Crippen LogP contribution in [0.1, 0.15) is 6.42 Å². The van der Waals surface area contributed by atoms with Crippen LogP contribution >= 0.6 is 23.4 Å². The molecule has 3 aromatic heterocycles. The minimum Gasteiger partial charge on any atom is -0.491 e. The van der Waals surface area contributed by atoms with Gasteiger partial charge in [0.25, 0.3) is 5.88 Å². The zero-order valence-electron chi connectivity index (χ0n) is 15.4. The van der Waals surface area contributed by atoms with Crippen molar-refractivity contribution in [3.8, 4) is 22.9 Å². The van der Waals surface area contributed by atoms with Gasteiger partial charge in [0.15, 0.2) is 5.75 Å². The minimum absolute atomic E-state index is 0.449. The molecule has 0 saturated heterocycles. The largest absolute Gasteiger partial charge is 0.491 e. The maximum Gasteiger partial charge on any atom is 0.256 e. The van der Waals surface area contributed by atoms with E-state index in [0.29, 0.717) is 11.6 Å². The Balaban J connectivity index is 1.82. The lowest BCUT2D eigenvalue weighted by Crippen LogP contribution is -1.94. The Labute approximate surface area is 172 Å². The normalized spacial score (nSPS) is 13.8. The van der Waals surface area contributed by atoms with Crippen molar-refractivity contribution in [1.82, 2.24) is 15.0 Å². The molecule has 0 fully saturated rings. The summed E-state index contributed by atoms with van der Waals surface area (Å²) < 4.78 is 10.7. The third-order valence-corrected chi connectivity index (χ3v) is 5.75. The molecule has 0 radical (unpaired) electrons. The SMILES string of the molecule is COc1cc(-c2[nH]c3ncccc3c2SC2=CCC=C(Cl)C=C2)cnc1OC. The van der Waals surface area contributed by atoms with Crippen LogP contribution in [0, 0.1) is 0 Å². The van der Waals surface area contributed by atoms with Gasteiger partial charge in [-0.2, -0.15) is 0 Å². The molecule has 0 amide bonds. The molecule has 5 nitrogen and oxygen atoms in total. The van der Waals surface area contributed by atoms with Gasteiger partial charge in [-0.1, -0.05) is 35.5 Å². The van der Waals surface area contributed by atoms with E-state index in [1.165, 1.54) is 0 Å². The van der Waals surface area contributed by atoms with Gasteiger partial charge in [-0.25, -0.2) is 9.97 Å². The quantitative estimate of drug-likeness (QED) is 0.583. The Kier molecular flexibility index (Phi) is 5.41. The first-order chi connectivity index (χ1) is 13.7. The number of hydrogen-bond acceptors (Lipinski definition) is 5. The van der Waals surface area contributed by atoms with Crippen LogP contribution in [0.5, 0.6) is 11.6 Å². The average molecular weight is 412 g/mol. The molecule has 0 aromatic carbocycles. The zero-order chi connectivity index (χ0) is 19.5. The summed E-state index contributed by atoms with van der Waals surface area (Å²) >= 11 is 7.81. The highest BCUT2D eigenvalue weighted by Gasteiger charge is 2.18. The highest BCUT2D eigenvalue weighted by atomic mass is 35.5. The molecule has 0 spiro atoms. The first-order valence-electron chi connectivity index (χ1n) is 8.66. The van der Waals surface area contributed by atoms with Gasteiger partial charge in [0.1, 0.15) is 5.65 Å². The molecular formula is C21H18ClN3O2S. The van der Waals surface area contributed by atoms with Crippen LogP contribution in [-0.2, 0) is 0 Å². The van der Waals surface area contributed by atoms with Crippen LogP contribution in [-0.4, -0.2) is 29.2 Å². The molecule has 0 saturated carbocycles. The lowest BCUT2D eigenvalue weighted by Gasteiger charge is -2.09. The highest BCUT2D eigenvalue weighted by molar-refractivity contribution is 8.03. The van der Waals surface area contributed by atoms with Gasteiger partial charge in [-0.15, -0.1) is 0 Å². The standard InChI is InChI=1S/C21H18ClN3O2S/c1-26-17-11-13(12-24-21(17)27-2)18-19(16-7-4-10-23-20(16)25-18)28-15-6-3-5-14(22)8-9-15/h4-12H,3H2,1-2H3,(H,23,25). The van der Waals surface area contributed by atoms with Crippen molar-refractivity contribution in [2.75, 3.05) is 14.2 Å². The van der Waals surface area contributed by atoms with Crippen LogP contribution in [0.3, 0.4) is 0 Å². The number of thioether (sulfide) groups is 1. The van der Waals surface area contributed by atoms with E-state index >= 15 is 0 Å². The van der Waals surface area contributed by atoms with Gasteiger partial charge in [0.2, 0.25) is 0 Å². The minimum atomic E-state index is 0.449. The molecule has 1 aliphatic carbocycles. The van der Waals surface area contributed by atoms with E-state index in [9.17, 15) is 0 Å². The van der Waals surface area contributed by atoms with Crippen molar-refractivity contribution in [3.05, 3.63) is 64.8 Å². The molecular weight excluding hydrogens is 394 g/mol. The number of nitrogens with one attached hydrogen (secondary N) is 1. The molecule has 3 heterocycles. The van der Waals surface area contributed by atoms with E-state index < -0.39 is 0 Å². The summed E-state index contributed by atoms with van der Waals surface area (Å²) in [5.74, 6) is 1.02. The van der Waals surface area contributed by atoms with Gasteiger partial charge in [0.05, 0.1) is 19.9 Å². The molecule has 1 aliphatic rings. The summed E-state index contributed by atoms with van der Waals surface area (Å²) in [6.07, 6.45) is 12.4. The van der Waals surface area contributed by atoms with Crippen molar-refractivity contribution in [2.45, 2.75) is 11.3 Å². The van der Waals surface area contributed by atoms with Gasteiger partial charge in [0, 0.05) is 38.2 Å². The predicted molar refractivity (Wildman–Crippen MR) is 114 cm³/mol. The van der Waals surface area contributed by atoms with E-state index in [4.69, 9.17) is 21.1 Å². The Morgan fingerprint density at radius 2 is 2.04 bits per heavy atom. The molecule has 4 rings (SSSR count). The maximum atomic E-state index is 6.13. The number of aromatic nitrogens is 3. The zero-order valence-corrected chi connectivity index (χ0v) is 17.0. The van der Waals surface area contributed by atoms with Crippen LogP contribution < -0.4 is 9.47 Å². The van der Waals surface area contributed by atoms with E-state index in [0.717, 1.165) is 43.5 Å². The second-order valence-corrected chi connectivity index (χ2v) is 7.55. The number of aromatic amines is 1. The average Bonchev–Trinajstić information content (AvgIpc) is 2.96. The third-order valence-electron chi connectivity index (χ3n) is 4.30. The second-order valence-electron chi connectivity index (χ2n) is 6.03. The van der Waals surface area contributed by atoms with Gasteiger partial charge in [-0.3, -0.25) is 0 Å². The van der Waals surface area contributed by atoms with E-state index in [-0.39, 0.29) is 0 Å². The smallest absolute Gasteiger partial charge is 0.256 e. The molecule has 0 atom stereocenters. The summed E-state index contributed by atoms with van der Waals surface area (Å²) in [4.78, 5) is 14.5. The lowest BCUT2D eigenvalue weighted by atomic mass is 10.2. The van der Waals surface area contributed by atoms with Crippen molar-refractivity contribution in [1.29, 1.82) is 0 Å². The van der Waals surface area contributed by atoms with Crippen LogP contribution in [0.15, 0.2) is 69.7 Å². The molecule has 0 unspecified atom stereocenters. The third kappa shape index (κ3) is 3.66. The molecule has 142 valence electrons. The number of pyridine rings is 2. The molecule has 0 aliphatic heterocycles. The fourth-order valence-corrected chi connectivity index (χ4v) is 4.20. The number of rotatable bonds is 5. The number of allylic oxidation sites excluding steroid dienone is 5. The lowest BCUT2D eigenvalue weighted by molar-refractivity contribution is 0.343. The highest BCUT2D eigenvalue weighted by Crippen LogP contribution is 2.42. The number of halogens is 1. The van der Waals surface area contributed by atoms with Crippen LogP contribution in [0.25, 0.3) is 22.3 Å². The summed E-state index contributed by atoms with van der Waals surface area (Å²) in [7, 11) is 3.17. The summed E-state index contributed by atoms with van der Waals surface area (Å²) in [6, 6.07) is 5.91. The number of fused-ring (bicyclic) bond motifs is 1. The first-order valence-corrected chi connectivity index (χ1v) is 9.86. The van der Waals surface area contributed by atoms with Crippen LogP contribution in [0.2, 0.25) is 0 Å². The van der Waals surface area contributed by atoms with Gasteiger partial charge < -0.3 is 14.5 Å². The second kappa shape index (κ2) is 8.12. The molecule has 3 aromatic rings. The van der Waals surface area contributed by atoms with Crippen molar-refractivity contribution >= 4 is 34.4 Å². The van der Waals surface area contributed by atoms with Crippen LogP contribution in [0.4, 0.5) is 0 Å². The Hall–Kier alpha value is -2.70. The Bertz CT molecular complexity index is 1120. The Morgan fingerprint density at radius 1 is 1.14 bits per heavy atom. The monoisotopic (exact) mass is 411 g/mol. The number of ether oxygens (including phenoxy) is 2. The summed E-state index contributed by atoms with van der Waals surface area (Å²) in [5, 5.41) is 1.80. The molecule has 7 heteroatoms. The molecule has 1 N–H and O–H groups in total. The number of nitrogens with zero attached hydrogens (tertiary/aromatic N) is 2. The van der Waals surface area contributed by atoms with E-state index in [1.54, 1.807) is 38.4 Å².